The van der Waals surface area contributed by atoms with Crippen LogP contribution >= 0.6 is 27.3 Å². The topological polar surface area (TPSA) is 29.0 Å². The molecule has 16 heavy (non-hydrogen) atoms. The van der Waals surface area contributed by atoms with Gasteiger partial charge in [0.1, 0.15) is 0 Å². The van der Waals surface area contributed by atoms with Crippen LogP contribution in [0.4, 0.5) is 5.13 Å². The van der Waals surface area contributed by atoms with E-state index in [1.54, 1.807) is 11.3 Å². The number of piperidine rings is 1. The van der Waals surface area contributed by atoms with Gasteiger partial charge in [-0.1, -0.05) is 24.2 Å². The molecule has 2 aliphatic rings. The van der Waals surface area contributed by atoms with Crippen LogP contribution < -0.4 is 4.90 Å². The molecule has 3 nitrogen and oxygen atoms in total. The summed E-state index contributed by atoms with van der Waals surface area (Å²) in [6, 6.07) is 0. The maximum atomic E-state index is 4.20. The molecule has 0 unspecified atom stereocenters. The van der Waals surface area contributed by atoms with Gasteiger partial charge in [0, 0.05) is 13.1 Å². The lowest BCUT2D eigenvalue weighted by Gasteiger charge is -2.39. The van der Waals surface area contributed by atoms with Crippen LogP contribution in [0.15, 0.2) is 3.92 Å². The van der Waals surface area contributed by atoms with Crippen LogP contribution in [-0.2, 0) is 0 Å². The Labute approximate surface area is 108 Å². The number of hydrogen-bond donors (Lipinski definition) is 0. The van der Waals surface area contributed by atoms with Crippen LogP contribution in [0, 0.1) is 5.41 Å². The van der Waals surface area contributed by atoms with Crippen LogP contribution in [0.1, 0.15) is 38.5 Å². The van der Waals surface area contributed by atoms with E-state index in [9.17, 15) is 0 Å². The van der Waals surface area contributed by atoms with E-state index in [0.717, 1.165) is 9.05 Å². The van der Waals surface area contributed by atoms with Crippen LogP contribution in [0.2, 0.25) is 0 Å². The molecule has 0 amide bonds. The predicted molar refractivity (Wildman–Crippen MR) is 70.0 cm³/mol. The first-order valence-corrected chi connectivity index (χ1v) is 7.62. The van der Waals surface area contributed by atoms with Gasteiger partial charge in [-0.2, -0.15) is 0 Å². The third-order valence-corrected chi connectivity index (χ3v) is 5.57. The van der Waals surface area contributed by atoms with Gasteiger partial charge in [0.15, 0.2) is 3.92 Å². The number of nitrogens with zero attached hydrogens (tertiary/aromatic N) is 3. The van der Waals surface area contributed by atoms with Crippen molar-refractivity contribution in [2.75, 3.05) is 18.0 Å². The molecule has 0 atom stereocenters. The number of anilines is 1. The third-order valence-electron chi connectivity index (χ3n) is 4.15. The highest BCUT2D eigenvalue weighted by molar-refractivity contribution is 9.11. The molecule has 2 fully saturated rings. The first kappa shape index (κ1) is 11.0. The fourth-order valence-electron chi connectivity index (χ4n) is 3.12. The Morgan fingerprint density at radius 3 is 2.31 bits per heavy atom. The minimum absolute atomic E-state index is 0.693. The molecule has 1 saturated carbocycles. The highest BCUT2D eigenvalue weighted by atomic mass is 79.9. The average Bonchev–Trinajstić information content (AvgIpc) is 2.90. The van der Waals surface area contributed by atoms with Gasteiger partial charge in [0.05, 0.1) is 0 Å². The smallest absolute Gasteiger partial charge is 0.209 e. The monoisotopic (exact) mass is 301 g/mol. The number of hydrogen-bond acceptors (Lipinski definition) is 4. The first-order chi connectivity index (χ1) is 7.77. The van der Waals surface area contributed by atoms with Gasteiger partial charge in [0.2, 0.25) is 5.13 Å². The third kappa shape index (κ3) is 1.99. The van der Waals surface area contributed by atoms with Gasteiger partial charge in [-0.15, -0.1) is 10.2 Å². The largest absolute Gasteiger partial charge is 0.347 e. The van der Waals surface area contributed by atoms with E-state index in [2.05, 4.69) is 31.0 Å². The van der Waals surface area contributed by atoms with Crippen LogP contribution in [-0.4, -0.2) is 23.3 Å². The van der Waals surface area contributed by atoms with Crippen molar-refractivity contribution in [2.45, 2.75) is 38.5 Å². The predicted octanol–water partition coefficient (Wildman–Crippen LogP) is 3.46. The van der Waals surface area contributed by atoms with Gasteiger partial charge < -0.3 is 4.90 Å². The summed E-state index contributed by atoms with van der Waals surface area (Å²) in [5, 5.41) is 9.31. The molecule has 3 rings (SSSR count). The Bertz CT molecular complexity index is 363. The Morgan fingerprint density at radius 2 is 1.75 bits per heavy atom. The molecular formula is C11H16BrN3S. The summed E-state index contributed by atoms with van der Waals surface area (Å²) in [4.78, 5) is 2.39. The van der Waals surface area contributed by atoms with E-state index in [4.69, 9.17) is 0 Å². The lowest BCUT2D eigenvalue weighted by molar-refractivity contribution is 0.226. The van der Waals surface area contributed by atoms with Crippen LogP contribution in [0.25, 0.3) is 0 Å². The van der Waals surface area contributed by atoms with Gasteiger partial charge in [-0.05, 0) is 47.0 Å². The maximum Gasteiger partial charge on any atom is 0.209 e. The molecule has 1 spiro atoms. The second-order valence-electron chi connectivity index (χ2n) is 5.03. The summed E-state index contributed by atoms with van der Waals surface area (Å²) in [7, 11) is 0. The molecule has 1 aromatic rings. The second kappa shape index (κ2) is 4.26. The molecule has 1 saturated heterocycles. The van der Waals surface area contributed by atoms with E-state index in [-0.39, 0.29) is 0 Å². The van der Waals surface area contributed by atoms with Crippen molar-refractivity contribution in [1.82, 2.24) is 10.2 Å². The molecule has 0 aromatic carbocycles. The zero-order valence-electron chi connectivity index (χ0n) is 9.28. The molecule has 1 aromatic heterocycles. The maximum absolute atomic E-state index is 4.20. The minimum Gasteiger partial charge on any atom is -0.347 e. The molecule has 88 valence electrons. The van der Waals surface area contributed by atoms with E-state index in [1.165, 1.54) is 51.6 Å². The molecule has 1 aliphatic carbocycles. The van der Waals surface area contributed by atoms with Crippen molar-refractivity contribution in [3.05, 3.63) is 3.92 Å². The molecule has 0 N–H and O–H groups in total. The van der Waals surface area contributed by atoms with Gasteiger partial charge in [-0.25, -0.2) is 0 Å². The zero-order chi connectivity index (χ0) is 11.0. The summed E-state index contributed by atoms with van der Waals surface area (Å²) < 4.78 is 0.892. The van der Waals surface area contributed by atoms with Gasteiger partial charge in [-0.3, -0.25) is 0 Å². The van der Waals surface area contributed by atoms with E-state index in [1.807, 2.05) is 0 Å². The molecule has 0 bridgehead atoms. The van der Waals surface area contributed by atoms with Gasteiger partial charge >= 0.3 is 0 Å². The van der Waals surface area contributed by atoms with Crippen molar-refractivity contribution in [1.29, 1.82) is 0 Å². The SMILES string of the molecule is Brc1nnc(N2CCC3(CCCC3)CC2)s1. The highest BCUT2D eigenvalue weighted by Gasteiger charge is 2.37. The summed E-state index contributed by atoms with van der Waals surface area (Å²) in [6.07, 6.45) is 8.52. The molecule has 5 heteroatoms. The second-order valence-corrected chi connectivity index (χ2v) is 7.26. The van der Waals surface area contributed by atoms with Crippen molar-refractivity contribution in [3.8, 4) is 0 Å². The van der Waals surface area contributed by atoms with Crippen molar-refractivity contribution < 1.29 is 0 Å². The fourth-order valence-corrected chi connectivity index (χ4v) is 4.26. The number of halogens is 1. The van der Waals surface area contributed by atoms with Crippen LogP contribution in [0.5, 0.6) is 0 Å². The van der Waals surface area contributed by atoms with Gasteiger partial charge in [0.25, 0.3) is 0 Å². The molecular weight excluding hydrogens is 286 g/mol. The first-order valence-electron chi connectivity index (χ1n) is 6.01. The Morgan fingerprint density at radius 1 is 1.06 bits per heavy atom. The van der Waals surface area contributed by atoms with E-state index < -0.39 is 0 Å². The molecule has 0 radical (unpaired) electrons. The Hall–Kier alpha value is -0.160. The Kier molecular flexibility index (Phi) is 2.92. The summed E-state index contributed by atoms with van der Waals surface area (Å²) in [5.74, 6) is 0. The van der Waals surface area contributed by atoms with Crippen molar-refractivity contribution in [3.63, 3.8) is 0 Å². The summed E-state index contributed by atoms with van der Waals surface area (Å²) in [5.41, 5.74) is 0.693. The summed E-state index contributed by atoms with van der Waals surface area (Å²) in [6.45, 7) is 2.34. The minimum atomic E-state index is 0.693. The number of rotatable bonds is 1. The van der Waals surface area contributed by atoms with Crippen molar-refractivity contribution >= 4 is 32.4 Å². The Balaban J connectivity index is 1.66. The standard InChI is InChI=1S/C11H16BrN3S/c12-9-13-14-10(16-9)15-7-5-11(6-8-15)3-1-2-4-11/h1-8H2. The average molecular weight is 302 g/mol. The zero-order valence-corrected chi connectivity index (χ0v) is 11.7. The highest BCUT2D eigenvalue weighted by Crippen LogP contribution is 2.46. The quantitative estimate of drug-likeness (QED) is 0.795. The van der Waals surface area contributed by atoms with E-state index in [0.29, 0.717) is 5.41 Å². The lowest BCUT2D eigenvalue weighted by atomic mass is 9.77. The molecule has 2 heterocycles. The van der Waals surface area contributed by atoms with Crippen molar-refractivity contribution in [2.24, 2.45) is 5.41 Å². The fraction of sp³-hybridized carbons (Fsp3) is 0.818. The normalized spacial score (nSPS) is 24.2. The number of aromatic nitrogens is 2. The lowest BCUT2D eigenvalue weighted by Crippen LogP contribution is -2.38. The van der Waals surface area contributed by atoms with E-state index >= 15 is 0 Å². The van der Waals surface area contributed by atoms with Crippen LogP contribution in [0.3, 0.4) is 0 Å². The summed E-state index contributed by atoms with van der Waals surface area (Å²) >= 11 is 5.02. The molecule has 1 aliphatic heterocycles.